The van der Waals surface area contributed by atoms with E-state index >= 15 is 0 Å². The van der Waals surface area contributed by atoms with E-state index in [2.05, 4.69) is 21.2 Å². The Kier molecular flexibility index (Phi) is 3.44. The van der Waals surface area contributed by atoms with E-state index in [0.717, 1.165) is 48.0 Å². The van der Waals surface area contributed by atoms with Gasteiger partial charge in [-0.05, 0) is 30.5 Å². The van der Waals surface area contributed by atoms with Gasteiger partial charge >= 0.3 is 0 Å². The van der Waals surface area contributed by atoms with E-state index in [1.165, 1.54) is 0 Å². The molecule has 1 fully saturated rings. The van der Waals surface area contributed by atoms with E-state index in [1.54, 1.807) is 0 Å². The molecule has 3 N–H and O–H groups in total. The van der Waals surface area contributed by atoms with Gasteiger partial charge in [-0.3, -0.25) is 5.10 Å². The van der Waals surface area contributed by atoms with Gasteiger partial charge in [0, 0.05) is 30.2 Å². The maximum atomic E-state index is 5.92. The minimum atomic E-state index is 0.339. The molecule has 0 spiro atoms. The topological polar surface area (TPSA) is 57.9 Å². The summed E-state index contributed by atoms with van der Waals surface area (Å²) in [7, 11) is 0. The molecule has 0 atom stereocenters. The third kappa shape index (κ3) is 2.74. The number of benzene rings is 1. The molecule has 4 nitrogen and oxygen atoms in total. The highest BCUT2D eigenvalue weighted by atomic mass is 35.5. The van der Waals surface area contributed by atoms with E-state index in [-0.39, 0.29) is 0 Å². The Morgan fingerprint density at radius 2 is 1.89 bits per heavy atom. The molecule has 0 amide bonds. The minimum Gasteiger partial charge on any atom is -0.355 e. The van der Waals surface area contributed by atoms with Crippen LogP contribution in [0, 0.1) is 0 Å². The van der Waals surface area contributed by atoms with E-state index < -0.39 is 0 Å². The van der Waals surface area contributed by atoms with Crippen LogP contribution in [0.25, 0.3) is 11.3 Å². The number of aromatic nitrogens is 2. The standard InChI is InChI=1S/C14H17ClN4/c15-11-3-1-10(2-4-11)13-9-14(18-17-13)19-7-5-12(16)6-8-19/h1-4,9,12H,5-8,16H2,(H,17,18). The monoisotopic (exact) mass is 276 g/mol. The number of halogens is 1. The summed E-state index contributed by atoms with van der Waals surface area (Å²) < 4.78 is 0. The van der Waals surface area contributed by atoms with Gasteiger partial charge in [0.1, 0.15) is 0 Å². The molecule has 1 aromatic carbocycles. The van der Waals surface area contributed by atoms with Crippen LogP contribution in [0.1, 0.15) is 12.8 Å². The summed E-state index contributed by atoms with van der Waals surface area (Å²) in [6.45, 7) is 1.96. The predicted molar refractivity (Wildman–Crippen MR) is 78.5 cm³/mol. The molecule has 19 heavy (non-hydrogen) atoms. The molecule has 100 valence electrons. The molecule has 5 heteroatoms. The Balaban J connectivity index is 1.77. The van der Waals surface area contributed by atoms with Crippen LogP contribution in [-0.4, -0.2) is 29.3 Å². The van der Waals surface area contributed by atoms with Crippen LogP contribution in [0.3, 0.4) is 0 Å². The molecule has 0 unspecified atom stereocenters. The number of anilines is 1. The van der Waals surface area contributed by atoms with Gasteiger partial charge in [0.25, 0.3) is 0 Å². The average molecular weight is 277 g/mol. The van der Waals surface area contributed by atoms with Crippen molar-refractivity contribution in [3.05, 3.63) is 35.4 Å². The molecule has 1 aliphatic rings. The second-order valence-electron chi connectivity index (χ2n) is 4.97. The van der Waals surface area contributed by atoms with Crippen LogP contribution < -0.4 is 10.6 Å². The smallest absolute Gasteiger partial charge is 0.150 e. The molecule has 1 aromatic heterocycles. The first-order valence-electron chi connectivity index (χ1n) is 6.54. The Morgan fingerprint density at radius 3 is 2.58 bits per heavy atom. The predicted octanol–water partition coefficient (Wildman–Crippen LogP) is 2.66. The number of nitrogens with zero attached hydrogens (tertiary/aromatic N) is 2. The maximum absolute atomic E-state index is 5.92. The largest absolute Gasteiger partial charge is 0.355 e. The van der Waals surface area contributed by atoms with Crippen molar-refractivity contribution in [2.24, 2.45) is 5.73 Å². The summed E-state index contributed by atoms with van der Waals surface area (Å²) >= 11 is 5.89. The van der Waals surface area contributed by atoms with Gasteiger partial charge < -0.3 is 10.6 Å². The van der Waals surface area contributed by atoms with Gasteiger partial charge in [-0.2, -0.15) is 5.10 Å². The van der Waals surface area contributed by atoms with Crippen LogP contribution >= 0.6 is 11.6 Å². The van der Waals surface area contributed by atoms with Crippen molar-refractivity contribution in [3.8, 4) is 11.3 Å². The summed E-state index contributed by atoms with van der Waals surface area (Å²) in [5.41, 5.74) is 8.03. The summed E-state index contributed by atoms with van der Waals surface area (Å²) in [4.78, 5) is 2.28. The Hall–Kier alpha value is -1.52. The highest BCUT2D eigenvalue weighted by molar-refractivity contribution is 6.30. The number of hydrogen-bond acceptors (Lipinski definition) is 3. The second-order valence-corrected chi connectivity index (χ2v) is 5.41. The summed E-state index contributed by atoms with van der Waals surface area (Å²) in [6, 6.07) is 10.2. The Bertz CT molecular complexity index is 541. The van der Waals surface area contributed by atoms with Crippen molar-refractivity contribution in [1.82, 2.24) is 10.2 Å². The van der Waals surface area contributed by atoms with E-state index in [4.69, 9.17) is 17.3 Å². The van der Waals surface area contributed by atoms with Gasteiger partial charge in [-0.1, -0.05) is 23.7 Å². The highest BCUT2D eigenvalue weighted by Crippen LogP contribution is 2.24. The molecule has 2 aromatic rings. The number of hydrogen-bond donors (Lipinski definition) is 2. The third-order valence-corrected chi connectivity index (χ3v) is 3.84. The van der Waals surface area contributed by atoms with E-state index in [1.807, 2.05) is 24.3 Å². The number of rotatable bonds is 2. The lowest BCUT2D eigenvalue weighted by Gasteiger charge is -2.29. The molecule has 2 heterocycles. The zero-order valence-electron chi connectivity index (χ0n) is 10.6. The lowest BCUT2D eigenvalue weighted by molar-refractivity contribution is 0.498. The lowest BCUT2D eigenvalue weighted by atomic mass is 10.1. The van der Waals surface area contributed by atoms with Crippen LogP contribution in [0.4, 0.5) is 5.82 Å². The van der Waals surface area contributed by atoms with Crippen molar-refractivity contribution in [2.45, 2.75) is 18.9 Å². The number of nitrogens with two attached hydrogens (primary N) is 1. The van der Waals surface area contributed by atoms with Crippen molar-refractivity contribution in [2.75, 3.05) is 18.0 Å². The highest BCUT2D eigenvalue weighted by Gasteiger charge is 2.18. The lowest BCUT2D eigenvalue weighted by Crippen LogP contribution is -2.39. The number of piperidine rings is 1. The van der Waals surface area contributed by atoms with Crippen molar-refractivity contribution >= 4 is 17.4 Å². The van der Waals surface area contributed by atoms with Gasteiger partial charge in [0.15, 0.2) is 5.82 Å². The van der Waals surface area contributed by atoms with Crippen LogP contribution in [0.5, 0.6) is 0 Å². The fraction of sp³-hybridized carbons (Fsp3) is 0.357. The van der Waals surface area contributed by atoms with E-state index in [9.17, 15) is 0 Å². The fourth-order valence-corrected chi connectivity index (χ4v) is 2.51. The molecule has 0 radical (unpaired) electrons. The zero-order chi connectivity index (χ0) is 13.2. The van der Waals surface area contributed by atoms with Gasteiger partial charge in [-0.25, -0.2) is 0 Å². The first-order valence-corrected chi connectivity index (χ1v) is 6.92. The molecule has 0 bridgehead atoms. The van der Waals surface area contributed by atoms with Crippen LogP contribution in [0.2, 0.25) is 5.02 Å². The molecule has 3 rings (SSSR count). The minimum absolute atomic E-state index is 0.339. The first kappa shape index (κ1) is 12.5. The number of aromatic amines is 1. The molecule has 0 aliphatic carbocycles. The molecule has 1 aliphatic heterocycles. The summed E-state index contributed by atoms with van der Waals surface area (Å²) in [5.74, 6) is 0.997. The summed E-state index contributed by atoms with van der Waals surface area (Å²) in [6.07, 6.45) is 2.06. The SMILES string of the molecule is NC1CCN(c2cc(-c3ccc(Cl)cc3)[nH]n2)CC1. The Labute approximate surface area is 117 Å². The number of nitrogens with one attached hydrogen (secondary N) is 1. The van der Waals surface area contributed by atoms with Crippen molar-refractivity contribution in [3.63, 3.8) is 0 Å². The van der Waals surface area contributed by atoms with Crippen LogP contribution in [0.15, 0.2) is 30.3 Å². The van der Waals surface area contributed by atoms with Crippen molar-refractivity contribution in [1.29, 1.82) is 0 Å². The van der Waals surface area contributed by atoms with Crippen molar-refractivity contribution < 1.29 is 0 Å². The molecule has 1 saturated heterocycles. The third-order valence-electron chi connectivity index (χ3n) is 3.58. The van der Waals surface area contributed by atoms with Gasteiger partial charge in [0.2, 0.25) is 0 Å². The van der Waals surface area contributed by atoms with Crippen LogP contribution in [-0.2, 0) is 0 Å². The number of H-pyrrole nitrogens is 1. The second kappa shape index (κ2) is 5.23. The Morgan fingerprint density at radius 1 is 1.21 bits per heavy atom. The molecular weight excluding hydrogens is 260 g/mol. The normalized spacial score (nSPS) is 16.8. The van der Waals surface area contributed by atoms with E-state index in [0.29, 0.717) is 6.04 Å². The first-order chi connectivity index (χ1) is 9.22. The average Bonchev–Trinajstić information content (AvgIpc) is 2.90. The molecule has 0 saturated carbocycles. The fourth-order valence-electron chi connectivity index (χ4n) is 2.38. The zero-order valence-corrected chi connectivity index (χ0v) is 11.4. The van der Waals surface area contributed by atoms with Gasteiger partial charge in [0.05, 0.1) is 5.69 Å². The maximum Gasteiger partial charge on any atom is 0.150 e. The quantitative estimate of drug-likeness (QED) is 0.887. The molecular formula is C14H17ClN4. The summed E-state index contributed by atoms with van der Waals surface area (Å²) in [5, 5.41) is 8.22. The van der Waals surface area contributed by atoms with Gasteiger partial charge in [-0.15, -0.1) is 0 Å².